The summed E-state index contributed by atoms with van der Waals surface area (Å²) in [7, 11) is -1.89. The SMILES string of the molecule is COCCC1(CNS(=O)(=O)c2cccc(CO)c2C)CC1. The highest BCUT2D eigenvalue weighted by molar-refractivity contribution is 7.89. The molecule has 0 saturated heterocycles. The lowest BCUT2D eigenvalue weighted by Gasteiger charge is -2.17. The Labute approximate surface area is 126 Å². The maximum atomic E-state index is 12.4. The molecule has 5 nitrogen and oxygen atoms in total. The van der Waals surface area contributed by atoms with Crippen molar-refractivity contribution in [3.63, 3.8) is 0 Å². The van der Waals surface area contributed by atoms with Crippen molar-refractivity contribution >= 4 is 10.0 Å². The third kappa shape index (κ3) is 3.83. The molecule has 0 spiro atoms. The maximum absolute atomic E-state index is 12.4. The molecule has 2 rings (SSSR count). The van der Waals surface area contributed by atoms with Gasteiger partial charge in [0.2, 0.25) is 10.0 Å². The molecule has 118 valence electrons. The number of sulfonamides is 1. The van der Waals surface area contributed by atoms with Crippen LogP contribution in [0.15, 0.2) is 23.1 Å². The van der Waals surface area contributed by atoms with Gasteiger partial charge in [-0.2, -0.15) is 0 Å². The first-order valence-corrected chi connectivity index (χ1v) is 8.60. The van der Waals surface area contributed by atoms with Crippen molar-refractivity contribution in [2.24, 2.45) is 5.41 Å². The predicted molar refractivity (Wildman–Crippen MR) is 80.5 cm³/mol. The molecule has 1 fully saturated rings. The van der Waals surface area contributed by atoms with Gasteiger partial charge >= 0.3 is 0 Å². The molecule has 1 aromatic rings. The largest absolute Gasteiger partial charge is 0.392 e. The topological polar surface area (TPSA) is 75.6 Å². The Morgan fingerprint density at radius 2 is 2.10 bits per heavy atom. The van der Waals surface area contributed by atoms with Crippen LogP contribution < -0.4 is 4.72 Å². The Balaban J connectivity index is 2.09. The summed E-state index contributed by atoms with van der Waals surface area (Å²) in [6, 6.07) is 4.96. The maximum Gasteiger partial charge on any atom is 0.240 e. The van der Waals surface area contributed by atoms with Crippen LogP contribution in [0.1, 0.15) is 30.4 Å². The van der Waals surface area contributed by atoms with E-state index in [0.29, 0.717) is 24.3 Å². The third-order valence-corrected chi connectivity index (χ3v) is 5.83. The van der Waals surface area contributed by atoms with Crippen LogP contribution in [0.5, 0.6) is 0 Å². The first-order valence-electron chi connectivity index (χ1n) is 7.12. The van der Waals surface area contributed by atoms with Gasteiger partial charge in [-0.3, -0.25) is 0 Å². The molecule has 0 amide bonds. The first-order chi connectivity index (χ1) is 9.94. The summed E-state index contributed by atoms with van der Waals surface area (Å²) in [6.07, 6.45) is 2.95. The summed E-state index contributed by atoms with van der Waals surface area (Å²) in [5, 5.41) is 9.25. The van der Waals surface area contributed by atoms with Crippen LogP contribution >= 0.6 is 0 Å². The molecule has 2 N–H and O–H groups in total. The summed E-state index contributed by atoms with van der Waals surface area (Å²) >= 11 is 0. The van der Waals surface area contributed by atoms with Crippen molar-refractivity contribution in [1.82, 2.24) is 4.72 Å². The van der Waals surface area contributed by atoms with Crippen molar-refractivity contribution < 1.29 is 18.3 Å². The van der Waals surface area contributed by atoms with E-state index < -0.39 is 10.0 Å². The number of hydrogen-bond acceptors (Lipinski definition) is 4. The molecular formula is C15H23NO4S. The fourth-order valence-corrected chi connectivity index (χ4v) is 3.90. The van der Waals surface area contributed by atoms with Gasteiger partial charge in [0.25, 0.3) is 0 Å². The van der Waals surface area contributed by atoms with Gasteiger partial charge in [-0.1, -0.05) is 12.1 Å². The number of benzene rings is 1. The van der Waals surface area contributed by atoms with Crippen LogP contribution in [-0.2, 0) is 21.4 Å². The fraction of sp³-hybridized carbons (Fsp3) is 0.600. The van der Waals surface area contributed by atoms with E-state index in [1.54, 1.807) is 32.2 Å². The highest BCUT2D eigenvalue weighted by atomic mass is 32.2. The molecule has 1 aromatic carbocycles. The van der Waals surface area contributed by atoms with E-state index in [4.69, 9.17) is 4.74 Å². The van der Waals surface area contributed by atoms with Gasteiger partial charge in [0.15, 0.2) is 0 Å². The Morgan fingerprint density at radius 3 is 2.67 bits per heavy atom. The average molecular weight is 313 g/mol. The molecule has 0 radical (unpaired) electrons. The van der Waals surface area contributed by atoms with E-state index >= 15 is 0 Å². The highest BCUT2D eigenvalue weighted by Crippen LogP contribution is 2.48. The molecule has 0 atom stereocenters. The molecule has 1 aliphatic rings. The van der Waals surface area contributed by atoms with Crippen molar-refractivity contribution in [3.05, 3.63) is 29.3 Å². The van der Waals surface area contributed by atoms with Crippen molar-refractivity contribution in [3.8, 4) is 0 Å². The van der Waals surface area contributed by atoms with Gasteiger partial charge < -0.3 is 9.84 Å². The minimum Gasteiger partial charge on any atom is -0.392 e. The smallest absolute Gasteiger partial charge is 0.240 e. The number of nitrogens with one attached hydrogen (secondary N) is 1. The van der Waals surface area contributed by atoms with Crippen molar-refractivity contribution in [2.75, 3.05) is 20.3 Å². The number of rotatable bonds is 8. The number of aliphatic hydroxyl groups excluding tert-OH is 1. The van der Waals surface area contributed by atoms with Gasteiger partial charge in [-0.15, -0.1) is 0 Å². The van der Waals surface area contributed by atoms with Gasteiger partial charge in [0, 0.05) is 20.3 Å². The second-order valence-electron chi connectivity index (χ2n) is 5.77. The summed E-state index contributed by atoms with van der Waals surface area (Å²) < 4.78 is 32.7. The molecular weight excluding hydrogens is 290 g/mol. The van der Waals surface area contributed by atoms with Crippen LogP contribution in [0.25, 0.3) is 0 Å². The molecule has 6 heteroatoms. The summed E-state index contributed by atoms with van der Waals surface area (Å²) in [5.74, 6) is 0. The fourth-order valence-electron chi connectivity index (χ4n) is 2.46. The lowest BCUT2D eigenvalue weighted by atomic mass is 10.0. The van der Waals surface area contributed by atoms with E-state index in [2.05, 4.69) is 4.72 Å². The van der Waals surface area contributed by atoms with E-state index in [1.165, 1.54) is 0 Å². The minimum absolute atomic E-state index is 0.0611. The molecule has 0 aliphatic heterocycles. The van der Waals surface area contributed by atoms with E-state index in [-0.39, 0.29) is 16.9 Å². The van der Waals surface area contributed by atoms with Gasteiger partial charge in [-0.25, -0.2) is 13.1 Å². The zero-order chi connectivity index (χ0) is 15.5. The number of hydrogen-bond donors (Lipinski definition) is 2. The van der Waals surface area contributed by atoms with Crippen molar-refractivity contribution in [2.45, 2.75) is 37.7 Å². The highest BCUT2D eigenvalue weighted by Gasteiger charge is 2.42. The molecule has 0 unspecified atom stereocenters. The Morgan fingerprint density at radius 1 is 1.38 bits per heavy atom. The average Bonchev–Trinajstić information content (AvgIpc) is 3.24. The predicted octanol–water partition coefficient (Wildman–Crippen LogP) is 1.58. The van der Waals surface area contributed by atoms with Gasteiger partial charge in [0.1, 0.15) is 0 Å². The van der Waals surface area contributed by atoms with Crippen LogP contribution in [0.4, 0.5) is 0 Å². The van der Waals surface area contributed by atoms with Crippen molar-refractivity contribution in [1.29, 1.82) is 0 Å². The summed E-state index contributed by atoms with van der Waals surface area (Å²) in [4.78, 5) is 0.247. The molecule has 1 saturated carbocycles. The second kappa shape index (κ2) is 6.44. The lowest BCUT2D eigenvalue weighted by molar-refractivity contribution is 0.173. The quantitative estimate of drug-likeness (QED) is 0.764. The normalized spacial score (nSPS) is 16.9. The van der Waals surface area contributed by atoms with Gasteiger partial charge in [-0.05, 0) is 48.8 Å². The second-order valence-corrected chi connectivity index (χ2v) is 7.50. The van der Waals surface area contributed by atoms with Crippen LogP contribution in [-0.4, -0.2) is 33.8 Å². The molecule has 0 bridgehead atoms. The molecule has 1 aliphatic carbocycles. The summed E-state index contributed by atoms with van der Waals surface area (Å²) in [5.41, 5.74) is 1.30. The monoisotopic (exact) mass is 313 g/mol. The van der Waals surface area contributed by atoms with Crippen LogP contribution in [0.3, 0.4) is 0 Å². The van der Waals surface area contributed by atoms with E-state index in [1.807, 2.05) is 0 Å². The van der Waals surface area contributed by atoms with Crippen LogP contribution in [0, 0.1) is 12.3 Å². The standard InChI is InChI=1S/C15H23NO4S/c1-12-13(10-17)4-3-5-14(12)21(18,19)16-11-15(6-7-15)8-9-20-2/h3-5,16-17H,6-11H2,1-2H3. The number of ether oxygens (including phenoxy) is 1. The molecule has 0 aromatic heterocycles. The number of aliphatic hydroxyl groups is 1. The van der Waals surface area contributed by atoms with E-state index in [0.717, 1.165) is 19.3 Å². The molecule has 21 heavy (non-hydrogen) atoms. The van der Waals surface area contributed by atoms with Crippen LogP contribution in [0.2, 0.25) is 0 Å². The Bertz CT molecular complexity index is 594. The van der Waals surface area contributed by atoms with E-state index in [9.17, 15) is 13.5 Å². The Kier molecular flexibility index (Phi) is 5.03. The minimum atomic E-state index is -3.54. The third-order valence-electron chi connectivity index (χ3n) is 4.29. The molecule has 0 heterocycles. The number of methoxy groups -OCH3 is 1. The Hall–Kier alpha value is -0.950. The van der Waals surface area contributed by atoms with Gasteiger partial charge in [0.05, 0.1) is 11.5 Å². The zero-order valence-electron chi connectivity index (χ0n) is 12.6. The summed E-state index contributed by atoms with van der Waals surface area (Å²) in [6.45, 7) is 2.66. The lowest BCUT2D eigenvalue weighted by Crippen LogP contribution is -2.31. The first kappa shape index (κ1) is 16.4. The zero-order valence-corrected chi connectivity index (χ0v) is 13.4.